The molecular weight excluding hydrogens is 274 g/mol. The molecule has 0 radical (unpaired) electrons. The van der Waals surface area contributed by atoms with Crippen molar-refractivity contribution in [3.63, 3.8) is 0 Å². The first-order valence-electron chi connectivity index (χ1n) is 8.16. The number of benzene rings is 1. The smallest absolute Gasteiger partial charge is 0.226 e. The topological polar surface area (TPSA) is 46.9 Å². The SMILES string of the molecule is Cc1ccc(C2CC(=O)Nc3c2cnn3C2CCCC2)cc1. The molecule has 1 aromatic carbocycles. The van der Waals surface area contributed by atoms with Crippen LogP contribution in [0.3, 0.4) is 0 Å². The molecule has 4 nitrogen and oxygen atoms in total. The van der Waals surface area contributed by atoms with Gasteiger partial charge in [0, 0.05) is 17.9 Å². The average Bonchev–Trinajstić information content (AvgIpc) is 3.15. The number of carbonyl (C=O) groups is 1. The summed E-state index contributed by atoms with van der Waals surface area (Å²) in [5, 5.41) is 7.67. The summed E-state index contributed by atoms with van der Waals surface area (Å²) in [6, 6.07) is 8.94. The predicted molar refractivity (Wildman–Crippen MR) is 86.0 cm³/mol. The number of rotatable bonds is 2. The van der Waals surface area contributed by atoms with Gasteiger partial charge in [-0.3, -0.25) is 4.79 Å². The molecule has 4 rings (SSSR count). The van der Waals surface area contributed by atoms with Crippen LogP contribution in [-0.2, 0) is 4.79 Å². The Morgan fingerprint density at radius 3 is 2.64 bits per heavy atom. The highest BCUT2D eigenvalue weighted by Gasteiger charge is 2.32. The van der Waals surface area contributed by atoms with E-state index in [4.69, 9.17) is 0 Å². The minimum Gasteiger partial charge on any atom is -0.311 e. The molecule has 1 aromatic heterocycles. The van der Waals surface area contributed by atoms with Gasteiger partial charge >= 0.3 is 0 Å². The lowest BCUT2D eigenvalue weighted by Gasteiger charge is -2.25. The van der Waals surface area contributed by atoms with Crippen molar-refractivity contribution < 1.29 is 4.79 Å². The second kappa shape index (κ2) is 5.27. The Kier molecular flexibility index (Phi) is 3.25. The second-order valence-electron chi connectivity index (χ2n) is 6.55. The summed E-state index contributed by atoms with van der Waals surface area (Å²) >= 11 is 0. The molecule has 0 spiro atoms. The molecule has 0 bridgehead atoms. The summed E-state index contributed by atoms with van der Waals surface area (Å²) in [6.07, 6.45) is 7.31. The first-order chi connectivity index (χ1) is 10.7. The molecule has 22 heavy (non-hydrogen) atoms. The monoisotopic (exact) mass is 295 g/mol. The summed E-state index contributed by atoms with van der Waals surface area (Å²) in [7, 11) is 0. The number of amides is 1. The third kappa shape index (κ3) is 2.23. The van der Waals surface area contributed by atoms with Crippen LogP contribution in [0.5, 0.6) is 0 Å². The number of hydrogen-bond donors (Lipinski definition) is 1. The summed E-state index contributed by atoms with van der Waals surface area (Å²) in [5.74, 6) is 1.14. The van der Waals surface area contributed by atoms with Gasteiger partial charge in [-0.25, -0.2) is 4.68 Å². The van der Waals surface area contributed by atoms with E-state index in [9.17, 15) is 4.79 Å². The molecule has 1 N–H and O–H groups in total. The molecule has 1 aliphatic heterocycles. The van der Waals surface area contributed by atoms with Crippen LogP contribution in [0.4, 0.5) is 5.82 Å². The fourth-order valence-electron chi connectivity index (χ4n) is 3.76. The molecule has 1 aliphatic carbocycles. The average molecular weight is 295 g/mol. The number of anilines is 1. The number of hydrogen-bond acceptors (Lipinski definition) is 2. The van der Waals surface area contributed by atoms with Crippen LogP contribution >= 0.6 is 0 Å². The van der Waals surface area contributed by atoms with Crippen LogP contribution < -0.4 is 5.32 Å². The first-order valence-corrected chi connectivity index (χ1v) is 8.16. The maximum absolute atomic E-state index is 12.2. The Morgan fingerprint density at radius 1 is 1.18 bits per heavy atom. The number of aryl methyl sites for hydroxylation is 1. The standard InChI is InChI=1S/C18H21N3O/c1-12-6-8-13(9-7-12)15-10-17(22)20-18-16(15)11-19-21(18)14-4-2-3-5-14/h6-9,11,14-15H,2-5,10H2,1H3,(H,20,22). The number of fused-ring (bicyclic) bond motifs is 1. The number of carbonyl (C=O) groups excluding carboxylic acids is 1. The molecule has 2 aromatic rings. The van der Waals surface area contributed by atoms with Gasteiger partial charge in [-0.15, -0.1) is 0 Å². The maximum Gasteiger partial charge on any atom is 0.226 e. The largest absolute Gasteiger partial charge is 0.311 e. The zero-order chi connectivity index (χ0) is 15.1. The Balaban J connectivity index is 1.74. The van der Waals surface area contributed by atoms with E-state index in [1.54, 1.807) is 0 Å². The van der Waals surface area contributed by atoms with E-state index in [0.29, 0.717) is 12.5 Å². The van der Waals surface area contributed by atoms with Gasteiger partial charge in [0.05, 0.1) is 12.2 Å². The van der Waals surface area contributed by atoms with Crippen LogP contribution in [0.25, 0.3) is 0 Å². The lowest BCUT2D eigenvalue weighted by Crippen LogP contribution is -2.25. The Labute approximate surface area is 130 Å². The van der Waals surface area contributed by atoms with Crippen LogP contribution in [-0.4, -0.2) is 15.7 Å². The minimum absolute atomic E-state index is 0.0952. The van der Waals surface area contributed by atoms with Crippen LogP contribution in [0.15, 0.2) is 30.5 Å². The van der Waals surface area contributed by atoms with E-state index < -0.39 is 0 Å². The number of aromatic nitrogens is 2. The molecule has 2 aliphatic rings. The van der Waals surface area contributed by atoms with E-state index in [1.807, 2.05) is 6.20 Å². The van der Waals surface area contributed by atoms with Gasteiger partial charge in [-0.2, -0.15) is 5.10 Å². The minimum atomic E-state index is 0.0952. The molecule has 114 valence electrons. The molecule has 2 heterocycles. The molecular formula is C18H21N3O. The fourth-order valence-corrected chi connectivity index (χ4v) is 3.76. The van der Waals surface area contributed by atoms with Crippen molar-refractivity contribution in [1.29, 1.82) is 0 Å². The van der Waals surface area contributed by atoms with Gasteiger partial charge in [0.2, 0.25) is 5.91 Å². The van der Waals surface area contributed by atoms with Crippen molar-refractivity contribution in [3.8, 4) is 0 Å². The van der Waals surface area contributed by atoms with E-state index in [0.717, 1.165) is 11.4 Å². The highest BCUT2D eigenvalue weighted by Crippen LogP contribution is 2.40. The van der Waals surface area contributed by atoms with Crippen molar-refractivity contribution in [2.24, 2.45) is 0 Å². The van der Waals surface area contributed by atoms with Gasteiger partial charge in [-0.1, -0.05) is 42.7 Å². The van der Waals surface area contributed by atoms with Gasteiger partial charge in [0.1, 0.15) is 5.82 Å². The normalized spacial score (nSPS) is 21.7. The van der Waals surface area contributed by atoms with Crippen LogP contribution in [0.1, 0.15) is 60.8 Å². The second-order valence-corrected chi connectivity index (χ2v) is 6.55. The molecule has 1 amide bonds. The van der Waals surface area contributed by atoms with E-state index in [-0.39, 0.29) is 11.8 Å². The van der Waals surface area contributed by atoms with Gasteiger partial charge in [0.25, 0.3) is 0 Å². The Bertz CT molecular complexity index is 696. The summed E-state index contributed by atoms with van der Waals surface area (Å²) in [5.41, 5.74) is 3.61. The van der Waals surface area contributed by atoms with Gasteiger partial charge in [-0.05, 0) is 25.3 Å². The summed E-state index contributed by atoms with van der Waals surface area (Å²) in [6.45, 7) is 2.08. The highest BCUT2D eigenvalue weighted by molar-refractivity contribution is 5.94. The molecule has 1 fully saturated rings. The number of nitrogens with zero attached hydrogens (tertiary/aromatic N) is 2. The number of nitrogens with one attached hydrogen (secondary N) is 1. The van der Waals surface area contributed by atoms with Crippen molar-refractivity contribution in [2.75, 3.05) is 5.32 Å². The molecule has 0 saturated heterocycles. The van der Waals surface area contributed by atoms with Crippen molar-refractivity contribution in [2.45, 2.75) is 51.0 Å². The van der Waals surface area contributed by atoms with Crippen LogP contribution in [0, 0.1) is 6.92 Å². The molecule has 1 saturated carbocycles. The summed E-state index contributed by atoms with van der Waals surface area (Å²) < 4.78 is 2.06. The predicted octanol–water partition coefficient (Wildman–Crippen LogP) is 3.78. The third-order valence-electron chi connectivity index (χ3n) is 5.00. The third-order valence-corrected chi connectivity index (χ3v) is 5.00. The maximum atomic E-state index is 12.2. The lowest BCUT2D eigenvalue weighted by atomic mass is 9.87. The van der Waals surface area contributed by atoms with E-state index in [2.05, 4.69) is 46.3 Å². The zero-order valence-electron chi connectivity index (χ0n) is 12.9. The van der Waals surface area contributed by atoms with E-state index in [1.165, 1.54) is 36.8 Å². The van der Waals surface area contributed by atoms with Crippen LogP contribution in [0.2, 0.25) is 0 Å². The van der Waals surface area contributed by atoms with Crippen molar-refractivity contribution in [3.05, 3.63) is 47.2 Å². The Hall–Kier alpha value is -2.10. The fraction of sp³-hybridized carbons (Fsp3) is 0.444. The zero-order valence-corrected chi connectivity index (χ0v) is 12.9. The summed E-state index contributed by atoms with van der Waals surface area (Å²) in [4.78, 5) is 12.2. The van der Waals surface area contributed by atoms with Crippen molar-refractivity contribution in [1.82, 2.24) is 9.78 Å². The lowest BCUT2D eigenvalue weighted by molar-refractivity contribution is -0.116. The van der Waals surface area contributed by atoms with Gasteiger partial charge in [0.15, 0.2) is 0 Å². The Morgan fingerprint density at radius 2 is 1.91 bits per heavy atom. The molecule has 1 unspecified atom stereocenters. The molecule has 4 heteroatoms. The quantitative estimate of drug-likeness (QED) is 0.916. The molecule has 1 atom stereocenters. The first kappa shape index (κ1) is 13.6. The van der Waals surface area contributed by atoms with Crippen molar-refractivity contribution >= 4 is 11.7 Å². The highest BCUT2D eigenvalue weighted by atomic mass is 16.1. The van der Waals surface area contributed by atoms with E-state index >= 15 is 0 Å². The van der Waals surface area contributed by atoms with Gasteiger partial charge < -0.3 is 5.32 Å².